The molecule has 1 aliphatic heterocycles. The number of esters is 1. The number of methoxy groups -OCH3 is 1. The molecule has 0 saturated heterocycles. The zero-order chi connectivity index (χ0) is 23.4. The van der Waals surface area contributed by atoms with Gasteiger partial charge in [-0.05, 0) is 53.6 Å². The van der Waals surface area contributed by atoms with Crippen LogP contribution < -0.4 is 9.46 Å². The molecule has 0 fully saturated rings. The van der Waals surface area contributed by atoms with Crippen molar-refractivity contribution in [2.75, 3.05) is 19.4 Å². The van der Waals surface area contributed by atoms with Crippen LogP contribution in [0.2, 0.25) is 5.02 Å². The minimum Gasteiger partial charge on any atom is -0.489 e. The average molecular weight is 504 g/mol. The predicted octanol–water partition coefficient (Wildman–Crippen LogP) is 4.82. The monoisotopic (exact) mass is 503 g/mol. The quantitative estimate of drug-likeness (QED) is 0.367. The Bertz CT molecular complexity index is 1260. The lowest BCUT2D eigenvalue weighted by atomic mass is 9.98. The number of fused-ring (bicyclic) bond motifs is 2. The van der Waals surface area contributed by atoms with Crippen molar-refractivity contribution in [1.82, 2.24) is 4.72 Å². The van der Waals surface area contributed by atoms with Crippen molar-refractivity contribution < 1.29 is 22.7 Å². The van der Waals surface area contributed by atoms with Crippen LogP contribution >= 0.6 is 23.4 Å². The molecule has 0 spiro atoms. The number of thioether (sulfide) groups is 1. The Hall–Kier alpha value is -2.52. The molecule has 0 aromatic heterocycles. The van der Waals surface area contributed by atoms with Gasteiger partial charge < -0.3 is 9.47 Å². The van der Waals surface area contributed by atoms with Gasteiger partial charge in [-0.2, -0.15) is 0 Å². The van der Waals surface area contributed by atoms with E-state index in [0.717, 1.165) is 16.7 Å². The van der Waals surface area contributed by atoms with Gasteiger partial charge in [0, 0.05) is 22.9 Å². The smallest absolute Gasteiger partial charge is 0.337 e. The van der Waals surface area contributed by atoms with Crippen LogP contribution in [0.25, 0.3) is 0 Å². The largest absolute Gasteiger partial charge is 0.489 e. The lowest BCUT2D eigenvalue weighted by molar-refractivity contribution is 0.0600. The Kier molecular flexibility index (Phi) is 7.29. The Morgan fingerprint density at radius 2 is 1.88 bits per heavy atom. The highest BCUT2D eigenvalue weighted by molar-refractivity contribution is 7.99. The second-order valence-electron chi connectivity index (χ2n) is 7.33. The third kappa shape index (κ3) is 5.35. The van der Waals surface area contributed by atoms with Crippen molar-refractivity contribution in [3.05, 3.63) is 94.0 Å². The first-order valence-corrected chi connectivity index (χ1v) is 13.1. The molecule has 0 radical (unpaired) electrons. The standard InChI is InChI=1S/C24H22ClNO5S2/c1-30-24(27)16-6-11-22-21(14-16)23(20-5-3-2-4-17(20)15-31-22)32-13-12-26-33(28,29)19-9-7-18(25)8-10-19/h2-11,14,23,26H,12-13,15H2,1H3. The summed E-state index contributed by atoms with van der Waals surface area (Å²) in [4.78, 5) is 12.3. The number of rotatable bonds is 7. The summed E-state index contributed by atoms with van der Waals surface area (Å²) in [5.74, 6) is 0.779. The van der Waals surface area contributed by atoms with Crippen molar-refractivity contribution >= 4 is 39.4 Å². The van der Waals surface area contributed by atoms with Gasteiger partial charge in [0.1, 0.15) is 12.4 Å². The first kappa shape index (κ1) is 23.6. The zero-order valence-electron chi connectivity index (χ0n) is 17.8. The molecule has 1 N–H and O–H groups in total. The van der Waals surface area contributed by atoms with E-state index in [1.54, 1.807) is 42.1 Å². The van der Waals surface area contributed by atoms with E-state index in [9.17, 15) is 13.2 Å². The number of carbonyl (C=O) groups is 1. The van der Waals surface area contributed by atoms with Crippen LogP contribution in [0.1, 0.15) is 32.3 Å². The van der Waals surface area contributed by atoms with Gasteiger partial charge >= 0.3 is 5.97 Å². The normalized spacial score (nSPS) is 15.0. The van der Waals surface area contributed by atoms with Crippen molar-refractivity contribution in [3.8, 4) is 5.75 Å². The molecule has 33 heavy (non-hydrogen) atoms. The molecule has 1 unspecified atom stereocenters. The van der Waals surface area contributed by atoms with Crippen LogP contribution in [0, 0.1) is 0 Å². The minimum absolute atomic E-state index is 0.136. The Morgan fingerprint density at radius 1 is 1.12 bits per heavy atom. The molecule has 4 rings (SSSR count). The summed E-state index contributed by atoms with van der Waals surface area (Å²) in [5, 5.41) is 0.340. The summed E-state index contributed by atoms with van der Waals surface area (Å²) in [5.41, 5.74) is 3.41. The molecule has 0 bridgehead atoms. The van der Waals surface area contributed by atoms with Gasteiger partial charge in [0.2, 0.25) is 10.0 Å². The van der Waals surface area contributed by atoms with Gasteiger partial charge in [-0.3, -0.25) is 0 Å². The second kappa shape index (κ2) is 10.2. The summed E-state index contributed by atoms with van der Waals surface area (Å²) in [7, 11) is -2.29. The first-order chi connectivity index (χ1) is 15.9. The van der Waals surface area contributed by atoms with E-state index >= 15 is 0 Å². The van der Waals surface area contributed by atoms with E-state index in [4.69, 9.17) is 21.1 Å². The molecule has 0 amide bonds. The second-order valence-corrected chi connectivity index (χ2v) is 10.8. The number of hydrogen-bond donors (Lipinski definition) is 1. The van der Waals surface area contributed by atoms with Crippen LogP contribution in [0.3, 0.4) is 0 Å². The highest BCUT2D eigenvalue weighted by atomic mass is 35.5. The molecule has 3 aromatic rings. The van der Waals surface area contributed by atoms with Gasteiger partial charge in [0.15, 0.2) is 0 Å². The van der Waals surface area contributed by atoms with Crippen LogP contribution in [0.15, 0.2) is 71.6 Å². The zero-order valence-corrected chi connectivity index (χ0v) is 20.2. The molecule has 1 atom stereocenters. The summed E-state index contributed by atoms with van der Waals surface area (Å²) in [6, 6.07) is 19.3. The number of sulfonamides is 1. The molecule has 172 valence electrons. The maximum atomic E-state index is 12.6. The van der Waals surface area contributed by atoms with E-state index < -0.39 is 16.0 Å². The number of carbonyl (C=O) groups excluding carboxylic acids is 1. The molecule has 9 heteroatoms. The maximum absolute atomic E-state index is 12.6. The van der Waals surface area contributed by atoms with Gasteiger partial charge in [-0.1, -0.05) is 35.9 Å². The van der Waals surface area contributed by atoms with Crippen LogP contribution in [0.5, 0.6) is 5.75 Å². The topological polar surface area (TPSA) is 81.7 Å². The van der Waals surface area contributed by atoms with Crippen molar-refractivity contribution in [1.29, 1.82) is 0 Å². The fourth-order valence-corrected chi connectivity index (χ4v) is 6.12. The van der Waals surface area contributed by atoms with Crippen LogP contribution in [-0.2, 0) is 21.4 Å². The number of nitrogens with one attached hydrogen (secondary N) is 1. The number of halogens is 1. The van der Waals surface area contributed by atoms with E-state index in [2.05, 4.69) is 4.72 Å². The van der Waals surface area contributed by atoms with Crippen molar-refractivity contribution in [3.63, 3.8) is 0 Å². The highest BCUT2D eigenvalue weighted by Crippen LogP contribution is 2.44. The van der Waals surface area contributed by atoms with Crippen molar-refractivity contribution in [2.24, 2.45) is 0 Å². The minimum atomic E-state index is -3.64. The fraction of sp³-hybridized carbons (Fsp3) is 0.208. The van der Waals surface area contributed by atoms with E-state index in [0.29, 0.717) is 28.7 Å². The lowest BCUT2D eigenvalue weighted by Crippen LogP contribution is -2.26. The summed E-state index contributed by atoms with van der Waals surface area (Å²) < 4.78 is 38.7. The van der Waals surface area contributed by atoms with Crippen molar-refractivity contribution in [2.45, 2.75) is 16.8 Å². The number of benzene rings is 3. The fourth-order valence-electron chi connectivity index (χ4n) is 3.60. The molecule has 6 nitrogen and oxygen atoms in total. The molecular formula is C24H22ClNO5S2. The molecule has 1 aliphatic rings. The maximum Gasteiger partial charge on any atom is 0.337 e. The summed E-state index contributed by atoms with van der Waals surface area (Å²) >= 11 is 7.43. The van der Waals surface area contributed by atoms with Gasteiger partial charge in [0.05, 0.1) is 22.8 Å². The van der Waals surface area contributed by atoms with Crippen LogP contribution in [0.4, 0.5) is 0 Å². The molecule has 0 aliphatic carbocycles. The predicted molar refractivity (Wildman–Crippen MR) is 129 cm³/mol. The summed E-state index contributed by atoms with van der Waals surface area (Å²) in [6.07, 6.45) is 0. The Morgan fingerprint density at radius 3 is 2.64 bits per heavy atom. The number of hydrogen-bond acceptors (Lipinski definition) is 6. The molecular weight excluding hydrogens is 482 g/mol. The molecule has 1 heterocycles. The van der Waals surface area contributed by atoms with E-state index in [1.807, 2.05) is 24.3 Å². The molecule has 0 saturated carbocycles. The Labute approximate surface area is 202 Å². The Balaban J connectivity index is 1.55. The van der Waals surface area contributed by atoms with Gasteiger partial charge in [-0.25, -0.2) is 17.9 Å². The third-order valence-electron chi connectivity index (χ3n) is 5.24. The lowest BCUT2D eigenvalue weighted by Gasteiger charge is -2.19. The number of ether oxygens (including phenoxy) is 2. The summed E-state index contributed by atoms with van der Waals surface area (Å²) in [6.45, 7) is 0.655. The third-order valence-corrected chi connectivity index (χ3v) is 8.25. The highest BCUT2D eigenvalue weighted by Gasteiger charge is 2.26. The average Bonchev–Trinajstić information content (AvgIpc) is 2.98. The van der Waals surface area contributed by atoms with Gasteiger partial charge in [0.25, 0.3) is 0 Å². The van der Waals surface area contributed by atoms with E-state index in [1.165, 1.54) is 19.2 Å². The van der Waals surface area contributed by atoms with Gasteiger partial charge in [-0.15, -0.1) is 11.8 Å². The molecule has 3 aromatic carbocycles. The SMILES string of the molecule is COC(=O)c1ccc2c(c1)C(SCCNS(=O)(=O)c1ccc(Cl)cc1)c1ccccc1CO2. The van der Waals surface area contributed by atoms with E-state index in [-0.39, 0.29) is 16.7 Å². The first-order valence-electron chi connectivity index (χ1n) is 10.2. The van der Waals surface area contributed by atoms with Crippen LogP contribution in [-0.4, -0.2) is 33.8 Å².